The summed E-state index contributed by atoms with van der Waals surface area (Å²) in [6.45, 7) is 3.23. The van der Waals surface area contributed by atoms with Gasteiger partial charge in [0.15, 0.2) is 0 Å². The smallest absolute Gasteiger partial charge is 0.410 e. The van der Waals surface area contributed by atoms with Gasteiger partial charge in [-0.1, -0.05) is 0 Å². The number of morpholine rings is 1. The molecule has 0 aromatic rings. The second-order valence-corrected chi connectivity index (χ2v) is 3.07. The molecule has 0 unspecified atom stereocenters. The average molecular weight is 216 g/mol. The SMILES string of the molecule is S=C([S-])NN1CCOCC1.[K+]. The van der Waals surface area contributed by atoms with Crippen molar-refractivity contribution in [1.29, 1.82) is 0 Å². The van der Waals surface area contributed by atoms with E-state index in [2.05, 4.69) is 5.43 Å². The van der Waals surface area contributed by atoms with Gasteiger partial charge in [0.2, 0.25) is 0 Å². The molecule has 0 atom stereocenters. The second-order valence-electron chi connectivity index (χ2n) is 2.00. The monoisotopic (exact) mass is 216 g/mol. The summed E-state index contributed by atoms with van der Waals surface area (Å²) in [7, 11) is 0. The molecule has 0 spiro atoms. The van der Waals surface area contributed by atoms with Crippen molar-refractivity contribution >= 4 is 29.2 Å². The van der Waals surface area contributed by atoms with Crippen LogP contribution in [0.3, 0.4) is 0 Å². The number of hydrogen-bond acceptors (Lipinski definition) is 4. The minimum atomic E-state index is 0. The molecule has 1 heterocycles. The van der Waals surface area contributed by atoms with E-state index < -0.39 is 0 Å². The summed E-state index contributed by atoms with van der Waals surface area (Å²) in [6.07, 6.45) is 0. The van der Waals surface area contributed by atoms with Gasteiger partial charge in [-0.05, 0) is 4.32 Å². The Morgan fingerprint density at radius 2 is 2.00 bits per heavy atom. The van der Waals surface area contributed by atoms with Gasteiger partial charge in [0.1, 0.15) is 0 Å². The fourth-order valence-electron chi connectivity index (χ4n) is 0.804. The van der Waals surface area contributed by atoms with Crippen LogP contribution >= 0.6 is 12.2 Å². The summed E-state index contributed by atoms with van der Waals surface area (Å²) in [6, 6.07) is 0. The van der Waals surface area contributed by atoms with Crippen LogP contribution in [-0.2, 0) is 17.4 Å². The van der Waals surface area contributed by atoms with Gasteiger partial charge < -0.3 is 35.0 Å². The number of hydrogen-bond donors (Lipinski definition) is 1. The first-order valence-corrected chi connectivity index (χ1v) is 3.91. The maximum absolute atomic E-state index is 5.12. The fourth-order valence-corrected chi connectivity index (χ4v) is 1.06. The number of thiocarbonyl (C=S) groups is 1. The van der Waals surface area contributed by atoms with E-state index in [1.807, 2.05) is 5.01 Å². The van der Waals surface area contributed by atoms with Gasteiger partial charge in [0, 0.05) is 13.1 Å². The van der Waals surface area contributed by atoms with Crippen LogP contribution in [0.15, 0.2) is 0 Å². The first-order chi connectivity index (χ1) is 4.79. The molecular weight excluding hydrogens is 207 g/mol. The molecule has 0 amide bonds. The number of nitrogens with one attached hydrogen (secondary N) is 1. The topological polar surface area (TPSA) is 24.5 Å². The Labute approximate surface area is 120 Å². The Balaban J connectivity index is 0.000001000. The molecule has 1 fully saturated rings. The predicted molar refractivity (Wildman–Crippen MR) is 45.5 cm³/mol. The van der Waals surface area contributed by atoms with Gasteiger partial charge in [-0.2, -0.15) is 0 Å². The van der Waals surface area contributed by atoms with Crippen LogP contribution in [0.1, 0.15) is 0 Å². The van der Waals surface area contributed by atoms with Crippen LogP contribution in [-0.4, -0.2) is 35.6 Å². The van der Waals surface area contributed by atoms with Crippen molar-refractivity contribution in [3.8, 4) is 0 Å². The standard InChI is InChI=1S/C5H10N2OS2.K/c9-5(10)6-7-1-3-8-4-2-7;/h1-4H2,(H2,6,9,10);/q;+1/p-1. The summed E-state index contributed by atoms with van der Waals surface area (Å²) < 4.78 is 5.53. The molecule has 58 valence electrons. The third-order valence-corrected chi connectivity index (χ3v) is 1.44. The van der Waals surface area contributed by atoms with Gasteiger partial charge >= 0.3 is 51.4 Å². The molecular formula is C5H9KN2OS2. The molecule has 0 aromatic carbocycles. The first-order valence-electron chi connectivity index (χ1n) is 3.09. The second kappa shape index (κ2) is 7.11. The zero-order valence-electron chi connectivity index (χ0n) is 6.50. The van der Waals surface area contributed by atoms with Crippen LogP contribution in [0, 0.1) is 0 Å². The third-order valence-electron chi connectivity index (χ3n) is 1.26. The van der Waals surface area contributed by atoms with E-state index in [0.29, 0.717) is 4.32 Å². The van der Waals surface area contributed by atoms with Crippen molar-refractivity contribution in [3.63, 3.8) is 0 Å². The van der Waals surface area contributed by atoms with E-state index >= 15 is 0 Å². The largest absolute Gasteiger partial charge is 1.00 e. The third kappa shape index (κ3) is 5.84. The normalized spacial score (nSPS) is 18.5. The van der Waals surface area contributed by atoms with Crippen LogP contribution in [0.2, 0.25) is 0 Å². The zero-order valence-corrected chi connectivity index (χ0v) is 11.3. The van der Waals surface area contributed by atoms with Gasteiger partial charge in [-0.15, -0.1) is 0 Å². The molecule has 0 radical (unpaired) electrons. The Hall–Kier alpha value is 1.67. The molecule has 0 bridgehead atoms. The first kappa shape index (κ1) is 12.7. The van der Waals surface area contributed by atoms with E-state index in [-0.39, 0.29) is 51.4 Å². The molecule has 3 nitrogen and oxygen atoms in total. The molecule has 1 saturated heterocycles. The van der Waals surface area contributed by atoms with E-state index in [1.54, 1.807) is 0 Å². The number of rotatable bonds is 1. The summed E-state index contributed by atoms with van der Waals surface area (Å²) in [4.78, 5) is 0. The van der Waals surface area contributed by atoms with Crippen molar-refractivity contribution in [2.24, 2.45) is 0 Å². The van der Waals surface area contributed by atoms with Crippen LogP contribution in [0.25, 0.3) is 0 Å². The van der Waals surface area contributed by atoms with Crippen molar-refractivity contribution in [3.05, 3.63) is 0 Å². The molecule has 0 saturated carbocycles. The van der Waals surface area contributed by atoms with Gasteiger partial charge in [-0.3, -0.25) is 0 Å². The molecule has 0 aromatic heterocycles. The van der Waals surface area contributed by atoms with Crippen molar-refractivity contribution in [2.75, 3.05) is 26.3 Å². The van der Waals surface area contributed by atoms with E-state index in [0.717, 1.165) is 26.3 Å². The van der Waals surface area contributed by atoms with Crippen LogP contribution in [0.4, 0.5) is 0 Å². The van der Waals surface area contributed by atoms with Crippen LogP contribution in [0.5, 0.6) is 0 Å². The minimum Gasteiger partial charge on any atom is -0.410 e. The molecule has 1 N–H and O–H groups in total. The molecule has 11 heavy (non-hydrogen) atoms. The number of hydrazine groups is 1. The fraction of sp³-hybridized carbons (Fsp3) is 0.800. The maximum Gasteiger partial charge on any atom is 1.00 e. The summed E-state index contributed by atoms with van der Waals surface area (Å²) in [5.74, 6) is 0. The summed E-state index contributed by atoms with van der Waals surface area (Å²) in [5.41, 5.74) is 2.88. The molecule has 1 rings (SSSR count). The van der Waals surface area contributed by atoms with E-state index in [4.69, 9.17) is 29.6 Å². The van der Waals surface area contributed by atoms with E-state index in [1.165, 1.54) is 0 Å². The van der Waals surface area contributed by atoms with Crippen molar-refractivity contribution in [2.45, 2.75) is 0 Å². The molecule has 1 aliphatic heterocycles. The van der Waals surface area contributed by atoms with Crippen molar-refractivity contribution < 1.29 is 56.1 Å². The Bertz CT molecular complexity index is 130. The van der Waals surface area contributed by atoms with Crippen molar-refractivity contribution in [1.82, 2.24) is 10.4 Å². The Morgan fingerprint density at radius 1 is 1.45 bits per heavy atom. The molecule has 0 aliphatic carbocycles. The Kier molecular flexibility index (Phi) is 8.18. The van der Waals surface area contributed by atoms with E-state index in [9.17, 15) is 0 Å². The molecule has 6 heteroatoms. The van der Waals surface area contributed by atoms with Gasteiger partial charge in [0.25, 0.3) is 0 Å². The van der Waals surface area contributed by atoms with Crippen LogP contribution < -0.4 is 56.8 Å². The maximum atomic E-state index is 5.12. The summed E-state index contributed by atoms with van der Waals surface area (Å²) >= 11 is 9.40. The average Bonchev–Trinajstić information content (AvgIpc) is 1.88. The Morgan fingerprint density at radius 3 is 2.45 bits per heavy atom. The minimum absolute atomic E-state index is 0. The molecule has 1 aliphatic rings. The van der Waals surface area contributed by atoms with Gasteiger partial charge in [0.05, 0.1) is 13.2 Å². The number of ether oxygens (including phenoxy) is 1. The zero-order chi connectivity index (χ0) is 7.40. The van der Waals surface area contributed by atoms with Gasteiger partial charge in [-0.25, -0.2) is 5.01 Å². The summed E-state index contributed by atoms with van der Waals surface area (Å²) in [5, 5.41) is 1.97. The number of nitrogens with zero attached hydrogens (tertiary/aromatic N) is 1. The quantitative estimate of drug-likeness (QED) is 0.281. The predicted octanol–water partition coefficient (Wildman–Crippen LogP) is -3.34.